The van der Waals surface area contributed by atoms with E-state index in [9.17, 15) is 16.8 Å². The molecule has 0 saturated carbocycles. The maximum atomic E-state index is 12.7. The van der Waals surface area contributed by atoms with Crippen molar-refractivity contribution in [1.29, 1.82) is 0 Å². The zero-order valence-electron chi connectivity index (χ0n) is 16.4. The Bertz CT molecular complexity index is 1030. The summed E-state index contributed by atoms with van der Waals surface area (Å²) in [5, 5.41) is 0. The van der Waals surface area contributed by atoms with E-state index in [0.29, 0.717) is 0 Å². The van der Waals surface area contributed by atoms with Crippen LogP contribution in [0.2, 0.25) is 0 Å². The van der Waals surface area contributed by atoms with Gasteiger partial charge < -0.3 is 4.74 Å². The van der Waals surface area contributed by atoms with E-state index in [1.54, 1.807) is 26.0 Å². The number of ether oxygens (including phenoxy) is 1. The van der Waals surface area contributed by atoms with Gasteiger partial charge in [-0.05, 0) is 45.0 Å². The average Bonchev–Trinajstić information content (AvgIpc) is 2.56. The van der Waals surface area contributed by atoms with E-state index in [1.165, 1.54) is 44.4 Å². The number of nitrogens with one attached hydrogen (secondary N) is 2. The summed E-state index contributed by atoms with van der Waals surface area (Å²) in [6.07, 6.45) is -0.247. The monoisotopic (exact) mass is 427 g/mol. The molecule has 0 aliphatic heterocycles. The standard InChI is InChI=1S/C18H25N3O5S2/c1-13(2)26-18-12-15(19-28(24,25)21(4)5)8-11-17(18)20-27(22,23)16-9-6-14(3)7-10-16/h6-13,19-20H,1-5H3. The number of aryl methyl sites for hydroxylation is 1. The summed E-state index contributed by atoms with van der Waals surface area (Å²) in [4.78, 5) is 0.117. The lowest BCUT2D eigenvalue weighted by Gasteiger charge is -2.18. The molecule has 0 radical (unpaired) electrons. The van der Waals surface area contributed by atoms with Crippen molar-refractivity contribution < 1.29 is 21.6 Å². The van der Waals surface area contributed by atoms with Crippen LogP contribution in [0.4, 0.5) is 11.4 Å². The van der Waals surface area contributed by atoms with Crippen LogP contribution in [0.1, 0.15) is 19.4 Å². The van der Waals surface area contributed by atoms with Crippen LogP contribution in [-0.2, 0) is 20.2 Å². The van der Waals surface area contributed by atoms with Crippen LogP contribution < -0.4 is 14.2 Å². The predicted octanol–water partition coefficient (Wildman–Crippen LogP) is 2.80. The fraction of sp³-hybridized carbons (Fsp3) is 0.333. The first-order valence-corrected chi connectivity index (χ1v) is 11.4. The van der Waals surface area contributed by atoms with Gasteiger partial charge >= 0.3 is 10.2 Å². The number of hydrogen-bond donors (Lipinski definition) is 2. The molecule has 0 spiro atoms. The summed E-state index contributed by atoms with van der Waals surface area (Å²) in [5.41, 5.74) is 1.41. The van der Waals surface area contributed by atoms with E-state index in [2.05, 4.69) is 9.44 Å². The van der Waals surface area contributed by atoms with Gasteiger partial charge in [0.1, 0.15) is 5.75 Å². The summed E-state index contributed by atoms with van der Waals surface area (Å²) in [6, 6.07) is 10.8. The van der Waals surface area contributed by atoms with E-state index in [-0.39, 0.29) is 28.1 Å². The second-order valence-electron chi connectivity index (χ2n) is 6.69. The smallest absolute Gasteiger partial charge is 0.301 e. The van der Waals surface area contributed by atoms with Crippen LogP contribution in [-0.4, -0.2) is 41.3 Å². The van der Waals surface area contributed by atoms with Crippen LogP contribution in [0.3, 0.4) is 0 Å². The molecular formula is C18H25N3O5S2. The highest BCUT2D eigenvalue weighted by atomic mass is 32.2. The number of nitrogens with zero attached hydrogens (tertiary/aromatic N) is 1. The lowest BCUT2D eigenvalue weighted by Crippen LogP contribution is -2.29. The second kappa shape index (κ2) is 8.38. The van der Waals surface area contributed by atoms with Crippen LogP contribution in [0.15, 0.2) is 47.4 Å². The molecule has 0 aromatic heterocycles. The zero-order chi connectivity index (χ0) is 21.1. The van der Waals surface area contributed by atoms with E-state index in [0.717, 1.165) is 9.87 Å². The van der Waals surface area contributed by atoms with Gasteiger partial charge in [0.25, 0.3) is 10.0 Å². The first-order valence-electron chi connectivity index (χ1n) is 8.51. The molecule has 2 aromatic rings. The van der Waals surface area contributed by atoms with Crippen molar-refractivity contribution in [1.82, 2.24) is 4.31 Å². The highest BCUT2D eigenvalue weighted by Crippen LogP contribution is 2.31. The lowest BCUT2D eigenvalue weighted by molar-refractivity contribution is 0.244. The van der Waals surface area contributed by atoms with Crippen molar-refractivity contribution in [2.45, 2.75) is 31.8 Å². The molecule has 8 nitrogen and oxygen atoms in total. The van der Waals surface area contributed by atoms with Crippen LogP contribution in [0.25, 0.3) is 0 Å². The molecule has 154 valence electrons. The van der Waals surface area contributed by atoms with Gasteiger partial charge in [-0.3, -0.25) is 9.44 Å². The van der Waals surface area contributed by atoms with Gasteiger partial charge in [0.2, 0.25) is 0 Å². The Kier molecular flexibility index (Phi) is 6.58. The molecule has 0 heterocycles. The van der Waals surface area contributed by atoms with Gasteiger partial charge in [-0.2, -0.15) is 12.7 Å². The predicted molar refractivity (Wildman–Crippen MR) is 110 cm³/mol. The quantitative estimate of drug-likeness (QED) is 0.674. The third-order valence-corrected chi connectivity index (χ3v) is 6.48. The zero-order valence-corrected chi connectivity index (χ0v) is 18.1. The van der Waals surface area contributed by atoms with Gasteiger partial charge in [0.05, 0.1) is 22.4 Å². The molecule has 28 heavy (non-hydrogen) atoms. The van der Waals surface area contributed by atoms with E-state index >= 15 is 0 Å². The molecule has 2 N–H and O–H groups in total. The third-order valence-electron chi connectivity index (χ3n) is 3.65. The van der Waals surface area contributed by atoms with Crippen molar-refractivity contribution in [2.24, 2.45) is 0 Å². The fourth-order valence-electron chi connectivity index (χ4n) is 2.18. The molecule has 2 aromatic carbocycles. The molecule has 0 unspecified atom stereocenters. The number of benzene rings is 2. The van der Waals surface area contributed by atoms with Crippen molar-refractivity contribution in [3.63, 3.8) is 0 Å². The van der Waals surface area contributed by atoms with E-state index < -0.39 is 20.2 Å². The Morgan fingerprint density at radius 3 is 2.07 bits per heavy atom. The van der Waals surface area contributed by atoms with Crippen LogP contribution in [0, 0.1) is 6.92 Å². The van der Waals surface area contributed by atoms with Crippen molar-refractivity contribution in [3.8, 4) is 5.75 Å². The molecule has 0 fully saturated rings. The van der Waals surface area contributed by atoms with Crippen molar-refractivity contribution in [3.05, 3.63) is 48.0 Å². The summed E-state index contributed by atoms with van der Waals surface area (Å²) < 4.78 is 61.0. The van der Waals surface area contributed by atoms with Gasteiger partial charge in [-0.15, -0.1) is 0 Å². The molecule has 10 heteroatoms. The number of hydrogen-bond acceptors (Lipinski definition) is 5. The summed E-state index contributed by atoms with van der Waals surface area (Å²) in [5.74, 6) is 0.213. The van der Waals surface area contributed by atoms with Gasteiger partial charge in [0, 0.05) is 20.2 Å². The van der Waals surface area contributed by atoms with Gasteiger partial charge in [-0.25, -0.2) is 8.42 Å². The van der Waals surface area contributed by atoms with E-state index in [1.807, 2.05) is 6.92 Å². The number of sulfonamides is 1. The Hall–Kier alpha value is -2.30. The molecule has 0 saturated heterocycles. The fourth-order valence-corrected chi connectivity index (χ4v) is 3.86. The van der Waals surface area contributed by atoms with Crippen LogP contribution in [0.5, 0.6) is 5.75 Å². The van der Waals surface area contributed by atoms with Gasteiger partial charge in [0.15, 0.2) is 0 Å². The average molecular weight is 428 g/mol. The maximum absolute atomic E-state index is 12.7. The molecule has 0 amide bonds. The van der Waals surface area contributed by atoms with Gasteiger partial charge in [-0.1, -0.05) is 17.7 Å². The normalized spacial score (nSPS) is 12.2. The first-order chi connectivity index (χ1) is 12.9. The highest BCUT2D eigenvalue weighted by Gasteiger charge is 2.19. The van der Waals surface area contributed by atoms with Crippen molar-refractivity contribution >= 4 is 31.6 Å². The lowest BCUT2D eigenvalue weighted by atomic mass is 10.2. The number of anilines is 2. The van der Waals surface area contributed by atoms with E-state index in [4.69, 9.17) is 4.74 Å². The van der Waals surface area contributed by atoms with Crippen molar-refractivity contribution in [2.75, 3.05) is 23.5 Å². The molecule has 0 aliphatic rings. The first kappa shape index (κ1) is 22.0. The Labute approximate surface area is 166 Å². The second-order valence-corrected chi connectivity index (χ2v) is 10.3. The summed E-state index contributed by atoms with van der Waals surface area (Å²) >= 11 is 0. The molecule has 0 atom stereocenters. The largest absolute Gasteiger partial charge is 0.489 e. The molecular weight excluding hydrogens is 402 g/mol. The molecule has 2 rings (SSSR count). The highest BCUT2D eigenvalue weighted by molar-refractivity contribution is 7.92. The molecule has 0 aliphatic carbocycles. The third kappa shape index (κ3) is 5.60. The number of rotatable bonds is 8. The minimum Gasteiger partial charge on any atom is -0.489 e. The molecule has 0 bridgehead atoms. The maximum Gasteiger partial charge on any atom is 0.301 e. The minimum atomic E-state index is -3.83. The Morgan fingerprint density at radius 2 is 1.54 bits per heavy atom. The Balaban J connectivity index is 2.39. The minimum absolute atomic E-state index is 0.117. The van der Waals surface area contributed by atoms with Crippen LogP contribution >= 0.6 is 0 Å². The summed E-state index contributed by atoms with van der Waals surface area (Å²) in [6.45, 7) is 5.44. The Morgan fingerprint density at radius 1 is 0.929 bits per heavy atom. The SMILES string of the molecule is Cc1ccc(S(=O)(=O)Nc2ccc(NS(=O)(=O)N(C)C)cc2OC(C)C)cc1. The summed E-state index contributed by atoms with van der Waals surface area (Å²) in [7, 11) is -4.73. The topological polar surface area (TPSA) is 105 Å².